The van der Waals surface area contributed by atoms with Gasteiger partial charge in [-0.05, 0) is 47.5 Å². The molecule has 2 aromatic rings. The minimum absolute atomic E-state index is 0.0473. The van der Waals surface area contributed by atoms with Gasteiger partial charge in [0.05, 0.1) is 24.0 Å². The summed E-state index contributed by atoms with van der Waals surface area (Å²) in [4.78, 5) is 0. The van der Waals surface area contributed by atoms with E-state index in [0.717, 1.165) is 11.6 Å². The van der Waals surface area contributed by atoms with Crippen LogP contribution in [0.1, 0.15) is 31.9 Å². The number of thiocarbonyl (C=S) groups is 1. The van der Waals surface area contributed by atoms with Gasteiger partial charge in [0, 0.05) is 0 Å². The fourth-order valence-corrected chi connectivity index (χ4v) is 2.61. The molecule has 0 amide bonds. The van der Waals surface area contributed by atoms with Crippen molar-refractivity contribution in [2.45, 2.75) is 32.4 Å². The van der Waals surface area contributed by atoms with Crippen LogP contribution in [0.3, 0.4) is 0 Å². The summed E-state index contributed by atoms with van der Waals surface area (Å²) in [5.41, 5.74) is 0.643. The molecule has 0 unspecified atom stereocenters. The van der Waals surface area contributed by atoms with Crippen LogP contribution in [0.15, 0.2) is 42.5 Å². The summed E-state index contributed by atoms with van der Waals surface area (Å²) in [6.07, 6.45) is -4.47. The second kappa shape index (κ2) is 7.53. The summed E-state index contributed by atoms with van der Waals surface area (Å²) >= 11 is 5.20. The van der Waals surface area contributed by atoms with E-state index in [2.05, 4.69) is 31.4 Å². The zero-order chi connectivity index (χ0) is 19.5. The van der Waals surface area contributed by atoms with Gasteiger partial charge in [-0.15, -0.1) is 0 Å². The fourth-order valence-electron chi connectivity index (χ4n) is 2.39. The SMILES string of the molecule is COc1ccc(C(C)(C)C)cc1NC(=S)Nc1ccccc1C(F)(F)F. The molecule has 0 atom stereocenters. The van der Waals surface area contributed by atoms with Gasteiger partial charge in [0.2, 0.25) is 0 Å². The van der Waals surface area contributed by atoms with Crippen molar-refractivity contribution in [3.8, 4) is 5.75 Å². The van der Waals surface area contributed by atoms with Gasteiger partial charge in [-0.3, -0.25) is 0 Å². The van der Waals surface area contributed by atoms with Crippen LogP contribution in [0.25, 0.3) is 0 Å². The van der Waals surface area contributed by atoms with Gasteiger partial charge in [-0.2, -0.15) is 13.2 Å². The Bertz CT molecular complexity index is 798. The van der Waals surface area contributed by atoms with Crippen LogP contribution >= 0.6 is 12.2 Å². The number of nitrogens with one attached hydrogen (secondary N) is 2. The number of rotatable bonds is 3. The van der Waals surface area contributed by atoms with Gasteiger partial charge in [-0.25, -0.2) is 0 Å². The van der Waals surface area contributed by atoms with Crippen LogP contribution in [0.4, 0.5) is 24.5 Å². The second-order valence-electron chi connectivity index (χ2n) is 6.79. The number of hydrogen-bond donors (Lipinski definition) is 2. The summed E-state index contributed by atoms with van der Waals surface area (Å²) < 4.78 is 44.6. The molecule has 0 saturated carbocycles. The summed E-state index contributed by atoms with van der Waals surface area (Å²) in [6.45, 7) is 6.19. The molecule has 2 rings (SSSR count). The molecule has 0 radical (unpaired) electrons. The van der Waals surface area contributed by atoms with Crippen molar-refractivity contribution in [2.24, 2.45) is 0 Å². The molecule has 140 valence electrons. The number of halogens is 3. The molecule has 2 aromatic carbocycles. The van der Waals surface area contributed by atoms with Crippen LogP contribution in [-0.2, 0) is 11.6 Å². The van der Waals surface area contributed by atoms with E-state index < -0.39 is 11.7 Å². The van der Waals surface area contributed by atoms with E-state index in [1.807, 2.05) is 12.1 Å². The highest BCUT2D eigenvalue weighted by atomic mass is 32.1. The maximum absolute atomic E-state index is 13.1. The molecule has 0 heterocycles. The van der Waals surface area contributed by atoms with Gasteiger partial charge in [0.15, 0.2) is 5.11 Å². The smallest absolute Gasteiger partial charge is 0.418 e. The highest BCUT2D eigenvalue weighted by Gasteiger charge is 2.33. The lowest BCUT2D eigenvalue weighted by molar-refractivity contribution is -0.136. The van der Waals surface area contributed by atoms with Crippen molar-refractivity contribution in [1.29, 1.82) is 0 Å². The van der Waals surface area contributed by atoms with Crippen molar-refractivity contribution >= 4 is 28.7 Å². The molecule has 0 spiro atoms. The summed E-state index contributed by atoms with van der Waals surface area (Å²) in [5, 5.41) is 5.60. The third kappa shape index (κ3) is 4.88. The van der Waals surface area contributed by atoms with Crippen molar-refractivity contribution in [3.05, 3.63) is 53.6 Å². The maximum Gasteiger partial charge on any atom is 0.418 e. The van der Waals surface area contributed by atoms with E-state index in [0.29, 0.717) is 11.4 Å². The first kappa shape index (κ1) is 20.0. The average Bonchev–Trinajstić information content (AvgIpc) is 2.53. The molecule has 0 aliphatic heterocycles. The Morgan fingerprint density at radius 1 is 0.962 bits per heavy atom. The highest BCUT2D eigenvalue weighted by molar-refractivity contribution is 7.80. The summed E-state index contributed by atoms with van der Waals surface area (Å²) in [5.74, 6) is 0.547. The first-order valence-electron chi connectivity index (χ1n) is 7.95. The number of alkyl halides is 3. The molecule has 0 aliphatic rings. The molecule has 0 saturated heterocycles. The lowest BCUT2D eigenvalue weighted by Crippen LogP contribution is -2.22. The quantitative estimate of drug-likeness (QED) is 0.656. The minimum atomic E-state index is -4.47. The van der Waals surface area contributed by atoms with Gasteiger partial charge < -0.3 is 15.4 Å². The Balaban J connectivity index is 2.26. The van der Waals surface area contributed by atoms with E-state index >= 15 is 0 Å². The number of para-hydroxylation sites is 1. The first-order chi connectivity index (χ1) is 12.0. The summed E-state index contributed by atoms with van der Waals surface area (Å²) in [7, 11) is 1.52. The normalized spacial score (nSPS) is 11.8. The molecule has 0 fully saturated rings. The van der Waals surface area contributed by atoms with Crippen LogP contribution in [0, 0.1) is 0 Å². The Labute approximate surface area is 156 Å². The van der Waals surface area contributed by atoms with E-state index in [-0.39, 0.29) is 16.2 Å². The molecule has 2 N–H and O–H groups in total. The van der Waals surface area contributed by atoms with Crippen molar-refractivity contribution < 1.29 is 17.9 Å². The average molecular weight is 382 g/mol. The van der Waals surface area contributed by atoms with E-state index in [4.69, 9.17) is 17.0 Å². The molecular formula is C19H21F3N2OS. The zero-order valence-corrected chi connectivity index (χ0v) is 15.8. The number of benzene rings is 2. The minimum Gasteiger partial charge on any atom is -0.495 e. The highest BCUT2D eigenvalue weighted by Crippen LogP contribution is 2.35. The van der Waals surface area contributed by atoms with Crippen LogP contribution < -0.4 is 15.4 Å². The lowest BCUT2D eigenvalue weighted by atomic mass is 9.87. The van der Waals surface area contributed by atoms with Crippen molar-refractivity contribution in [3.63, 3.8) is 0 Å². The standard InChI is InChI=1S/C19H21F3N2OS/c1-18(2,3)12-9-10-16(25-4)15(11-12)24-17(26)23-14-8-6-5-7-13(14)19(20,21)22/h5-11H,1-4H3,(H2,23,24,26). The van der Waals surface area contributed by atoms with Crippen molar-refractivity contribution in [1.82, 2.24) is 0 Å². The van der Waals surface area contributed by atoms with E-state index in [1.165, 1.54) is 25.3 Å². The zero-order valence-electron chi connectivity index (χ0n) is 15.0. The Morgan fingerprint density at radius 2 is 1.58 bits per heavy atom. The van der Waals surface area contributed by atoms with Crippen molar-refractivity contribution in [2.75, 3.05) is 17.7 Å². The Morgan fingerprint density at radius 3 is 2.15 bits per heavy atom. The predicted octanol–water partition coefficient (Wildman–Crippen LogP) is 5.82. The number of ether oxygens (including phenoxy) is 1. The van der Waals surface area contributed by atoms with E-state index in [9.17, 15) is 13.2 Å². The predicted molar refractivity (Wildman–Crippen MR) is 103 cm³/mol. The third-order valence-corrected chi connectivity index (χ3v) is 4.00. The molecule has 3 nitrogen and oxygen atoms in total. The van der Waals surface area contributed by atoms with Crippen LogP contribution in [0.5, 0.6) is 5.75 Å². The topological polar surface area (TPSA) is 33.3 Å². The lowest BCUT2D eigenvalue weighted by Gasteiger charge is -2.22. The number of hydrogen-bond acceptors (Lipinski definition) is 2. The molecule has 0 bridgehead atoms. The molecule has 0 aromatic heterocycles. The fraction of sp³-hybridized carbons (Fsp3) is 0.316. The largest absolute Gasteiger partial charge is 0.495 e. The van der Waals surface area contributed by atoms with Crippen LogP contribution in [0.2, 0.25) is 0 Å². The Kier molecular flexibility index (Phi) is 5.81. The van der Waals surface area contributed by atoms with E-state index in [1.54, 1.807) is 6.07 Å². The molecule has 0 aliphatic carbocycles. The van der Waals surface area contributed by atoms with Gasteiger partial charge in [0.1, 0.15) is 5.75 Å². The maximum atomic E-state index is 13.1. The third-order valence-electron chi connectivity index (χ3n) is 3.79. The number of anilines is 2. The van der Waals surface area contributed by atoms with Gasteiger partial charge >= 0.3 is 6.18 Å². The first-order valence-corrected chi connectivity index (χ1v) is 8.36. The molecule has 7 heteroatoms. The molecular weight excluding hydrogens is 361 g/mol. The van der Waals surface area contributed by atoms with Crippen LogP contribution in [-0.4, -0.2) is 12.2 Å². The number of methoxy groups -OCH3 is 1. The molecule has 26 heavy (non-hydrogen) atoms. The van der Waals surface area contributed by atoms with Gasteiger partial charge in [0.25, 0.3) is 0 Å². The second-order valence-corrected chi connectivity index (χ2v) is 7.20. The van der Waals surface area contributed by atoms with Gasteiger partial charge in [-0.1, -0.05) is 39.0 Å². The Hall–Kier alpha value is -2.28. The summed E-state index contributed by atoms with van der Waals surface area (Å²) in [6, 6.07) is 10.8. The monoisotopic (exact) mass is 382 g/mol.